The van der Waals surface area contributed by atoms with Gasteiger partial charge >= 0.3 is 12.1 Å². The van der Waals surface area contributed by atoms with Gasteiger partial charge in [0.25, 0.3) is 0 Å². The van der Waals surface area contributed by atoms with Crippen molar-refractivity contribution in [1.29, 1.82) is 0 Å². The lowest BCUT2D eigenvalue weighted by atomic mass is 10.00. The molecule has 0 radical (unpaired) electrons. The van der Waals surface area contributed by atoms with Gasteiger partial charge in [-0.2, -0.15) is 13.2 Å². The molecule has 100 valence electrons. The lowest BCUT2D eigenvalue weighted by Gasteiger charge is -2.21. The zero-order valence-corrected chi connectivity index (χ0v) is 9.81. The van der Waals surface area contributed by atoms with Crippen molar-refractivity contribution in [2.75, 3.05) is 18.1 Å². The van der Waals surface area contributed by atoms with E-state index in [0.717, 1.165) is 0 Å². The summed E-state index contributed by atoms with van der Waals surface area (Å²) >= 11 is 0. The van der Waals surface area contributed by atoms with Crippen molar-refractivity contribution < 1.29 is 31.1 Å². The van der Waals surface area contributed by atoms with Crippen molar-refractivity contribution in [2.45, 2.75) is 25.4 Å². The molecule has 0 amide bonds. The summed E-state index contributed by atoms with van der Waals surface area (Å²) in [5, 5.41) is 0. The van der Waals surface area contributed by atoms with E-state index in [2.05, 4.69) is 4.74 Å². The van der Waals surface area contributed by atoms with E-state index in [-0.39, 0.29) is 30.5 Å². The molecule has 4 nitrogen and oxygen atoms in total. The highest BCUT2D eigenvalue weighted by Gasteiger charge is 2.40. The number of hydrogen-bond acceptors (Lipinski definition) is 4. The highest BCUT2D eigenvalue weighted by atomic mass is 32.2. The Morgan fingerprint density at radius 2 is 1.76 bits per heavy atom. The van der Waals surface area contributed by atoms with Crippen LogP contribution in [0.2, 0.25) is 0 Å². The van der Waals surface area contributed by atoms with Gasteiger partial charge in [-0.05, 0) is 25.2 Å². The first-order valence-electron chi connectivity index (χ1n) is 5.15. The van der Waals surface area contributed by atoms with E-state index in [9.17, 15) is 26.4 Å². The summed E-state index contributed by atoms with van der Waals surface area (Å²) in [7, 11) is -2.97. The molecular formula is C9H13F3O4S. The second kappa shape index (κ2) is 5.24. The molecule has 8 heteroatoms. The van der Waals surface area contributed by atoms with Gasteiger partial charge in [0, 0.05) is 0 Å². The van der Waals surface area contributed by atoms with Gasteiger partial charge in [0.15, 0.2) is 0 Å². The molecule has 0 aromatic carbocycles. The van der Waals surface area contributed by atoms with Crippen LogP contribution in [0.3, 0.4) is 0 Å². The van der Waals surface area contributed by atoms with Crippen LogP contribution in [0.15, 0.2) is 0 Å². The maximum absolute atomic E-state index is 11.8. The standard InChI is InChI=1S/C9H13F3O4S/c10-9(11,12)8(13)16-4-1-7-2-5-17(14,15)6-3-7/h7H,1-6H2. The molecule has 0 saturated carbocycles. The smallest absolute Gasteiger partial charge is 0.459 e. The van der Waals surface area contributed by atoms with Gasteiger partial charge in [-0.25, -0.2) is 13.2 Å². The zero-order valence-electron chi connectivity index (χ0n) is 9.00. The van der Waals surface area contributed by atoms with Crippen molar-refractivity contribution in [3.8, 4) is 0 Å². The van der Waals surface area contributed by atoms with Crippen LogP contribution in [0.1, 0.15) is 19.3 Å². The Hall–Kier alpha value is -0.790. The van der Waals surface area contributed by atoms with Crippen molar-refractivity contribution in [3.63, 3.8) is 0 Å². The summed E-state index contributed by atoms with van der Waals surface area (Å²) in [5.74, 6) is -2.06. The highest BCUT2D eigenvalue weighted by Crippen LogP contribution is 2.22. The van der Waals surface area contributed by atoms with Gasteiger partial charge < -0.3 is 4.74 Å². The van der Waals surface area contributed by atoms with E-state index in [1.807, 2.05) is 0 Å². The summed E-state index contributed by atoms with van der Waals surface area (Å²) in [6.45, 7) is -0.316. The minimum atomic E-state index is -4.96. The average molecular weight is 274 g/mol. The second-order valence-corrected chi connectivity index (χ2v) is 6.32. The Bertz CT molecular complexity index is 360. The van der Waals surface area contributed by atoms with Gasteiger partial charge in [-0.1, -0.05) is 0 Å². The lowest BCUT2D eigenvalue weighted by Crippen LogP contribution is -2.28. The number of hydrogen-bond donors (Lipinski definition) is 0. The number of ether oxygens (including phenoxy) is 1. The molecule has 0 atom stereocenters. The lowest BCUT2D eigenvalue weighted by molar-refractivity contribution is -0.200. The Kier molecular flexibility index (Phi) is 4.40. The Morgan fingerprint density at radius 1 is 1.24 bits per heavy atom. The third-order valence-corrected chi connectivity index (χ3v) is 4.38. The van der Waals surface area contributed by atoms with E-state index in [4.69, 9.17) is 0 Å². The van der Waals surface area contributed by atoms with Crippen molar-refractivity contribution in [2.24, 2.45) is 5.92 Å². The maximum Gasteiger partial charge on any atom is 0.490 e. The van der Waals surface area contributed by atoms with Crippen molar-refractivity contribution in [3.05, 3.63) is 0 Å². The van der Waals surface area contributed by atoms with Gasteiger partial charge in [-0.15, -0.1) is 0 Å². The summed E-state index contributed by atoms with van der Waals surface area (Å²) in [5.41, 5.74) is 0. The van der Waals surface area contributed by atoms with Crippen LogP contribution in [0.25, 0.3) is 0 Å². The first kappa shape index (κ1) is 14.3. The number of carbonyl (C=O) groups is 1. The second-order valence-electron chi connectivity index (χ2n) is 4.02. The number of carbonyl (C=O) groups excluding carboxylic acids is 1. The van der Waals surface area contributed by atoms with Gasteiger partial charge in [0.2, 0.25) is 0 Å². The fourth-order valence-corrected chi connectivity index (χ4v) is 3.22. The molecule has 0 aliphatic carbocycles. The largest absolute Gasteiger partial charge is 0.490 e. The monoisotopic (exact) mass is 274 g/mol. The van der Waals surface area contributed by atoms with Crippen LogP contribution >= 0.6 is 0 Å². The van der Waals surface area contributed by atoms with Crippen LogP contribution in [-0.4, -0.2) is 38.7 Å². The van der Waals surface area contributed by atoms with E-state index >= 15 is 0 Å². The van der Waals surface area contributed by atoms with Crippen LogP contribution in [0.4, 0.5) is 13.2 Å². The molecule has 1 saturated heterocycles. The molecule has 0 spiro atoms. The summed E-state index contributed by atoms with van der Waals surface area (Å²) in [4.78, 5) is 10.4. The molecule has 17 heavy (non-hydrogen) atoms. The topological polar surface area (TPSA) is 60.4 Å². The van der Waals surface area contributed by atoms with E-state index in [1.54, 1.807) is 0 Å². The highest BCUT2D eigenvalue weighted by molar-refractivity contribution is 7.91. The van der Waals surface area contributed by atoms with E-state index in [0.29, 0.717) is 12.8 Å². The number of esters is 1. The predicted octanol–water partition coefficient (Wildman–Crippen LogP) is 1.31. The summed E-state index contributed by atoms with van der Waals surface area (Å²) < 4.78 is 61.5. The van der Waals surface area contributed by atoms with E-state index in [1.165, 1.54) is 0 Å². The third kappa shape index (κ3) is 4.93. The molecule has 1 rings (SSSR count). The van der Waals surface area contributed by atoms with Gasteiger partial charge in [0.05, 0.1) is 18.1 Å². The van der Waals surface area contributed by atoms with Crippen molar-refractivity contribution in [1.82, 2.24) is 0 Å². The Morgan fingerprint density at radius 3 is 2.24 bits per heavy atom. The molecule has 0 N–H and O–H groups in total. The van der Waals surface area contributed by atoms with Crippen LogP contribution in [0.5, 0.6) is 0 Å². The Balaban J connectivity index is 2.23. The number of halogens is 3. The SMILES string of the molecule is O=C(OCCC1CCS(=O)(=O)CC1)C(F)(F)F. The van der Waals surface area contributed by atoms with Gasteiger partial charge in [0.1, 0.15) is 9.84 Å². The minimum Gasteiger partial charge on any atom is -0.459 e. The Labute approximate surface area is 97.1 Å². The first-order chi connectivity index (χ1) is 7.71. The molecule has 1 fully saturated rings. The molecule has 1 heterocycles. The van der Waals surface area contributed by atoms with Gasteiger partial charge in [-0.3, -0.25) is 0 Å². The van der Waals surface area contributed by atoms with E-state index < -0.39 is 22.0 Å². The van der Waals surface area contributed by atoms with Crippen LogP contribution in [-0.2, 0) is 19.4 Å². The molecule has 1 aliphatic rings. The molecule has 0 unspecified atom stereocenters. The average Bonchev–Trinajstić information content (AvgIpc) is 2.19. The zero-order chi connectivity index (χ0) is 13.1. The van der Waals surface area contributed by atoms with Crippen molar-refractivity contribution >= 4 is 15.8 Å². The molecule has 0 bridgehead atoms. The van der Waals surface area contributed by atoms with Crippen LogP contribution < -0.4 is 0 Å². The number of alkyl halides is 3. The summed E-state index contributed by atoms with van der Waals surface area (Å²) in [6, 6.07) is 0. The fourth-order valence-electron chi connectivity index (χ4n) is 1.63. The van der Waals surface area contributed by atoms with Crippen LogP contribution in [0, 0.1) is 5.92 Å². The fraction of sp³-hybridized carbons (Fsp3) is 0.889. The quantitative estimate of drug-likeness (QED) is 0.728. The maximum atomic E-state index is 11.8. The number of sulfone groups is 1. The first-order valence-corrected chi connectivity index (χ1v) is 6.97. The third-order valence-electron chi connectivity index (χ3n) is 2.66. The predicted molar refractivity (Wildman–Crippen MR) is 53.0 cm³/mol. The molecular weight excluding hydrogens is 261 g/mol. The molecule has 0 aromatic rings. The molecule has 0 aromatic heterocycles. The number of rotatable bonds is 3. The summed E-state index contributed by atoms with van der Waals surface area (Å²) in [6.07, 6.45) is -3.84. The normalized spacial score (nSPS) is 21.1. The molecule has 1 aliphatic heterocycles. The minimum absolute atomic E-state index is 0.0135.